The molecule has 1 aliphatic rings. The predicted octanol–water partition coefficient (Wildman–Crippen LogP) is 3.88. The van der Waals surface area contributed by atoms with Gasteiger partial charge in [-0.2, -0.15) is 0 Å². The minimum atomic E-state index is -0.890. The molecule has 0 spiro atoms. The summed E-state index contributed by atoms with van der Waals surface area (Å²) in [6.45, 7) is 0. The Morgan fingerprint density at radius 1 is 1.13 bits per heavy atom. The van der Waals surface area contributed by atoms with Gasteiger partial charge in [0.2, 0.25) is 0 Å². The highest BCUT2D eigenvalue weighted by Crippen LogP contribution is 2.39. The van der Waals surface area contributed by atoms with Gasteiger partial charge in [-0.3, -0.25) is 9.69 Å². The number of ether oxygens (including phenoxy) is 3. The molecule has 5 rings (SSSR count). The van der Waals surface area contributed by atoms with Gasteiger partial charge in [-0.25, -0.2) is 19.9 Å². The highest BCUT2D eigenvalue weighted by atomic mass is 16.6. The molecule has 0 aliphatic heterocycles. The summed E-state index contributed by atoms with van der Waals surface area (Å²) >= 11 is 0. The van der Waals surface area contributed by atoms with Crippen molar-refractivity contribution < 1.29 is 28.2 Å². The molecule has 1 aliphatic carbocycles. The fourth-order valence-corrected chi connectivity index (χ4v) is 4.91. The van der Waals surface area contributed by atoms with Crippen LogP contribution in [-0.2, 0) is 15.9 Å². The molecule has 0 bridgehead atoms. The van der Waals surface area contributed by atoms with E-state index >= 15 is 0 Å². The van der Waals surface area contributed by atoms with Gasteiger partial charge in [-0.05, 0) is 42.9 Å². The Morgan fingerprint density at radius 3 is 2.63 bits per heavy atom. The van der Waals surface area contributed by atoms with Gasteiger partial charge >= 0.3 is 12.2 Å². The Hall–Kier alpha value is -4.64. The number of nitrogens with one attached hydrogen (secondary N) is 2. The van der Waals surface area contributed by atoms with Crippen molar-refractivity contribution in [1.82, 2.24) is 20.2 Å². The van der Waals surface area contributed by atoms with Crippen LogP contribution in [0.25, 0.3) is 33.5 Å². The number of carbonyl (C=O) groups is 2. The third-order valence-electron chi connectivity index (χ3n) is 6.60. The zero-order valence-corrected chi connectivity index (χ0v) is 21.2. The topological polar surface area (TPSA) is 136 Å². The summed E-state index contributed by atoms with van der Waals surface area (Å²) in [4.78, 5) is 46.0. The van der Waals surface area contributed by atoms with Gasteiger partial charge in [0.25, 0.3) is 0 Å². The van der Waals surface area contributed by atoms with Crippen molar-refractivity contribution in [1.29, 1.82) is 0 Å². The molecule has 0 saturated heterocycles. The van der Waals surface area contributed by atoms with E-state index in [1.54, 1.807) is 31.5 Å². The van der Waals surface area contributed by atoms with Crippen molar-refractivity contribution >= 4 is 23.1 Å². The van der Waals surface area contributed by atoms with Gasteiger partial charge in [0.05, 0.1) is 37.5 Å². The number of fused-ring (bicyclic) bond motifs is 2. The van der Waals surface area contributed by atoms with Crippen molar-refractivity contribution in [2.24, 2.45) is 0 Å². The Morgan fingerprint density at radius 2 is 1.95 bits per heavy atom. The number of aromatic nitrogens is 2. The van der Waals surface area contributed by atoms with E-state index in [0.29, 0.717) is 40.1 Å². The average Bonchev–Trinajstić information content (AvgIpc) is 3.55. The molecule has 0 radical (unpaired) electrons. The van der Waals surface area contributed by atoms with Crippen LogP contribution in [0.4, 0.5) is 9.59 Å². The van der Waals surface area contributed by atoms with E-state index < -0.39 is 18.3 Å². The molecule has 0 saturated carbocycles. The maximum Gasteiger partial charge on any atom is 0.416 e. The average molecular weight is 519 g/mol. The summed E-state index contributed by atoms with van der Waals surface area (Å²) < 4.78 is 21.0. The molecule has 2 aromatic heterocycles. The Bertz CT molecular complexity index is 1580. The van der Waals surface area contributed by atoms with Crippen LogP contribution in [0, 0.1) is 0 Å². The van der Waals surface area contributed by atoms with E-state index in [9.17, 15) is 14.4 Å². The second kappa shape index (κ2) is 10.0. The molecular weight excluding hydrogens is 492 g/mol. The fraction of sp³-hybridized carbons (Fsp3) is 0.259. The molecule has 11 heteroatoms. The number of benzene rings is 2. The Kier molecular flexibility index (Phi) is 6.60. The van der Waals surface area contributed by atoms with Gasteiger partial charge in [0.15, 0.2) is 17.6 Å². The van der Waals surface area contributed by atoms with E-state index in [0.717, 1.165) is 16.7 Å². The van der Waals surface area contributed by atoms with Crippen molar-refractivity contribution in [3.05, 3.63) is 70.3 Å². The molecule has 11 nitrogen and oxygen atoms in total. The number of hydrogen-bond donors (Lipinski definition) is 2. The molecule has 0 fully saturated rings. The number of nitrogens with zero attached hydrogens (tertiary/aromatic N) is 2. The second-order valence-electron chi connectivity index (χ2n) is 9.10. The highest BCUT2D eigenvalue weighted by molar-refractivity contribution is 5.89. The SMILES string of the molecule is COC(=O)NC(=O)O[C@@H]1Cc2ccc(-c3cc(=O)c4cc(-c5cnco5)c(OC)cc4[nH]3)cc2C1N(C)C. The minimum absolute atomic E-state index is 0.164. The van der Waals surface area contributed by atoms with Gasteiger partial charge in [-0.15, -0.1) is 0 Å². The molecule has 38 heavy (non-hydrogen) atoms. The first-order chi connectivity index (χ1) is 18.3. The summed E-state index contributed by atoms with van der Waals surface area (Å²) in [6.07, 6.45) is 1.08. The van der Waals surface area contributed by atoms with Crippen molar-refractivity contribution in [2.45, 2.75) is 18.6 Å². The Labute approximate surface area is 217 Å². The van der Waals surface area contributed by atoms with Crippen LogP contribution in [-0.4, -0.2) is 61.5 Å². The zero-order chi connectivity index (χ0) is 27.0. The van der Waals surface area contributed by atoms with Gasteiger partial charge in [-0.1, -0.05) is 12.1 Å². The molecular formula is C27H26N4O7. The number of methoxy groups -OCH3 is 2. The predicted molar refractivity (Wildman–Crippen MR) is 138 cm³/mol. The number of hydrogen-bond acceptors (Lipinski definition) is 9. The van der Waals surface area contributed by atoms with E-state index in [1.807, 2.05) is 42.5 Å². The van der Waals surface area contributed by atoms with Crippen molar-refractivity contribution in [3.63, 3.8) is 0 Å². The molecule has 2 aromatic carbocycles. The standard InChI is InChI=1S/C27H26N4O7/c1-31(2)25-16-7-15(6-5-14(16)8-23(25)38-27(34)30-26(33)36-4)19-10-21(32)17-9-18(24-12-28-13-37-24)22(35-3)11-20(17)29-19/h5-7,9-13,23,25H,8H2,1-4H3,(H,29,32)(H,30,33,34)/t23-,25?/m1/s1. The van der Waals surface area contributed by atoms with Crippen molar-refractivity contribution in [3.8, 4) is 28.3 Å². The van der Waals surface area contributed by atoms with E-state index in [-0.39, 0.29) is 11.5 Å². The summed E-state index contributed by atoms with van der Waals surface area (Å²) in [7, 11) is 6.49. The van der Waals surface area contributed by atoms with E-state index in [1.165, 1.54) is 13.5 Å². The third-order valence-corrected chi connectivity index (χ3v) is 6.60. The molecule has 1 unspecified atom stereocenters. The molecule has 196 valence electrons. The number of carbonyl (C=O) groups excluding carboxylic acids is 2. The molecule has 2 heterocycles. The number of oxazole rings is 1. The first-order valence-corrected chi connectivity index (χ1v) is 11.8. The van der Waals surface area contributed by atoms with Gasteiger partial charge in [0, 0.05) is 29.6 Å². The van der Waals surface area contributed by atoms with Gasteiger partial charge < -0.3 is 23.6 Å². The maximum atomic E-state index is 13.2. The van der Waals surface area contributed by atoms with Crippen LogP contribution in [0.15, 0.2) is 58.2 Å². The summed E-state index contributed by atoms with van der Waals surface area (Å²) in [6, 6.07) is 10.6. The Balaban J connectivity index is 1.50. The number of H-pyrrole nitrogens is 1. The van der Waals surface area contributed by atoms with Crippen molar-refractivity contribution in [2.75, 3.05) is 28.3 Å². The lowest BCUT2D eigenvalue weighted by Gasteiger charge is -2.27. The first kappa shape index (κ1) is 25.0. The fourth-order valence-electron chi connectivity index (χ4n) is 4.91. The number of likely N-dealkylation sites (N-methyl/N-ethyl adjacent to an activating group) is 1. The van der Waals surface area contributed by atoms with Crippen LogP contribution < -0.4 is 15.5 Å². The normalized spacial score (nSPS) is 16.3. The second-order valence-corrected chi connectivity index (χ2v) is 9.10. The largest absolute Gasteiger partial charge is 0.496 e. The van der Waals surface area contributed by atoms with Crippen LogP contribution in [0.1, 0.15) is 17.2 Å². The summed E-state index contributed by atoms with van der Waals surface area (Å²) in [5.74, 6) is 1.03. The quantitative estimate of drug-likeness (QED) is 0.403. The highest BCUT2D eigenvalue weighted by Gasteiger charge is 2.37. The van der Waals surface area contributed by atoms with Crippen LogP contribution in [0.5, 0.6) is 5.75 Å². The summed E-state index contributed by atoms with van der Waals surface area (Å²) in [5, 5.41) is 2.51. The number of rotatable bonds is 5. The molecule has 2 amide bonds. The molecule has 4 aromatic rings. The molecule has 2 atom stereocenters. The number of imide groups is 1. The smallest absolute Gasteiger partial charge is 0.416 e. The zero-order valence-electron chi connectivity index (χ0n) is 21.2. The van der Waals surface area contributed by atoms with Crippen LogP contribution in [0.2, 0.25) is 0 Å². The maximum absolute atomic E-state index is 13.2. The lowest BCUT2D eigenvalue weighted by molar-refractivity contribution is 0.0529. The number of amides is 2. The van der Waals surface area contributed by atoms with Gasteiger partial charge in [0.1, 0.15) is 11.9 Å². The minimum Gasteiger partial charge on any atom is -0.496 e. The molecule has 2 N–H and O–H groups in total. The van der Waals surface area contributed by atoms with Crippen LogP contribution in [0.3, 0.4) is 0 Å². The first-order valence-electron chi connectivity index (χ1n) is 11.8. The monoisotopic (exact) mass is 518 g/mol. The lowest BCUT2D eigenvalue weighted by Crippen LogP contribution is -2.37. The van der Waals surface area contributed by atoms with E-state index in [4.69, 9.17) is 13.9 Å². The number of aromatic amines is 1. The van der Waals surface area contributed by atoms with E-state index in [2.05, 4.69) is 14.7 Å². The number of alkyl carbamates (subject to hydrolysis) is 2. The van der Waals surface area contributed by atoms with Crippen LogP contribution >= 0.6 is 0 Å². The summed E-state index contributed by atoms with van der Waals surface area (Å²) in [5.41, 5.74) is 4.47. The number of pyridine rings is 1. The lowest BCUT2D eigenvalue weighted by atomic mass is 10.0. The third kappa shape index (κ3) is 4.59.